The number of anilines is 2. The molecule has 10 heteroatoms. The molecule has 0 spiro atoms. The summed E-state index contributed by atoms with van der Waals surface area (Å²) in [5, 5.41) is 11.3. The highest BCUT2D eigenvalue weighted by Crippen LogP contribution is 2.37. The van der Waals surface area contributed by atoms with Crippen molar-refractivity contribution in [3.63, 3.8) is 0 Å². The highest BCUT2D eigenvalue weighted by atomic mass is 19.4. The minimum atomic E-state index is -4.76. The minimum absolute atomic E-state index is 0.135. The molecular weight excluding hydrogens is 435 g/mol. The Morgan fingerprint density at radius 1 is 1.21 bits per heavy atom. The maximum Gasteiger partial charge on any atom is 0.573 e. The number of primary amides is 1. The molecular formula is C23H30F3N5O2. The SMILES string of the molecule is C[C@H](N[C@H]1CC[C@H](n2cc(C(N)=O)c(Nc3ccc(OC(F)(F)F)cc3)n2)[C@@H](C)C1)C1CC1. The number of ether oxygens (including phenoxy) is 1. The van der Waals surface area contributed by atoms with Crippen LogP contribution in [-0.4, -0.2) is 34.1 Å². The Balaban J connectivity index is 1.44. The lowest BCUT2D eigenvalue weighted by Gasteiger charge is -2.36. The first-order chi connectivity index (χ1) is 15.6. The van der Waals surface area contributed by atoms with Crippen molar-refractivity contribution < 1.29 is 22.7 Å². The summed E-state index contributed by atoms with van der Waals surface area (Å²) in [7, 11) is 0. The number of carbonyl (C=O) groups excluding carboxylic acids is 1. The first kappa shape index (κ1) is 23.4. The number of benzene rings is 1. The smallest absolute Gasteiger partial charge is 0.406 e. The number of rotatable bonds is 8. The quantitative estimate of drug-likeness (QED) is 0.524. The molecule has 180 valence electrons. The van der Waals surface area contributed by atoms with Crippen LogP contribution in [0.4, 0.5) is 24.7 Å². The van der Waals surface area contributed by atoms with E-state index >= 15 is 0 Å². The van der Waals surface area contributed by atoms with Crippen molar-refractivity contribution in [2.24, 2.45) is 17.6 Å². The molecule has 2 saturated carbocycles. The molecule has 0 saturated heterocycles. The number of halogens is 3. The number of hydrogen-bond acceptors (Lipinski definition) is 5. The van der Waals surface area contributed by atoms with Crippen LogP contribution in [0.1, 0.15) is 62.4 Å². The zero-order valence-corrected chi connectivity index (χ0v) is 18.7. The third kappa shape index (κ3) is 5.98. The molecule has 1 heterocycles. The lowest BCUT2D eigenvalue weighted by Crippen LogP contribution is -2.42. The molecule has 2 aliphatic rings. The van der Waals surface area contributed by atoms with Gasteiger partial charge >= 0.3 is 6.36 Å². The molecule has 1 amide bonds. The summed E-state index contributed by atoms with van der Waals surface area (Å²) in [6, 6.07) is 6.39. The summed E-state index contributed by atoms with van der Waals surface area (Å²) >= 11 is 0. The van der Waals surface area contributed by atoms with E-state index in [9.17, 15) is 18.0 Å². The first-order valence-corrected chi connectivity index (χ1v) is 11.4. The third-order valence-corrected chi connectivity index (χ3v) is 6.64. The van der Waals surface area contributed by atoms with E-state index in [1.807, 2.05) is 0 Å². The molecule has 0 aliphatic heterocycles. The van der Waals surface area contributed by atoms with Gasteiger partial charge in [-0.05, 0) is 75.1 Å². The first-order valence-electron chi connectivity index (χ1n) is 11.4. The number of aromatic nitrogens is 2. The molecule has 7 nitrogen and oxygen atoms in total. The number of nitrogens with one attached hydrogen (secondary N) is 2. The molecule has 33 heavy (non-hydrogen) atoms. The summed E-state index contributed by atoms with van der Waals surface area (Å²) in [4.78, 5) is 12.0. The number of amides is 1. The van der Waals surface area contributed by atoms with Crippen LogP contribution in [-0.2, 0) is 0 Å². The summed E-state index contributed by atoms with van der Waals surface area (Å²) < 4.78 is 42.8. The molecule has 0 bridgehead atoms. The van der Waals surface area contributed by atoms with Gasteiger partial charge in [-0.25, -0.2) is 0 Å². The van der Waals surface area contributed by atoms with E-state index in [1.165, 1.54) is 37.1 Å². The second-order valence-corrected chi connectivity index (χ2v) is 9.28. The van der Waals surface area contributed by atoms with Gasteiger partial charge in [-0.1, -0.05) is 6.92 Å². The number of hydrogen-bond donors (Lipinski definition) is 3. The summed E-state index contributed by atoms with van der Waals surface area (Å²) in [6.45, 7) is 4.46. The second kappa shape index (κ2) is 9.24. The number of nitrogens with zero attached hydrogens (tertiary/aromatic N) is 2. The molecule has 0 unspecified atom stereocenters. The monoisotopic (exact) mass is 465 g/mol. The van der Waals surface area contributed by atoms with Crippen molar-refractivity contribution in [3.05, 3.63) is 36.0 Å². The lowest BCUT2D eigenvalue weighted by atomic mass is 9.82. The third-order valence-electron chi connectivity index (χ3n) is 6.64. The van der Waals surface area contributed by atoms with Gasteiger partial charge < -0.3 is 21.1 Å². The highest BCUT2D eigenvalue weighted by Gasteiger charge is 2.34. The number of carbonyl (C=O) groups is 1. The summed E-state index contributed by atoms with van der Waals surface area (Å²) in [6.07, 6.45) is 2.52. The Morgan fingerprint density at radius 3 is 2.48 bits per heavy atom. The van der Waals surface area contributed by atoms with Crippen molar-refractivity contribution in [1.29, 1.82) is 0 Å². The van der Waals surface area contributed by atoms with Gasteiger partial charge in [0, 0.05) is 24.0 Å². The van der Waals surface area contributed by atoms with Gasteiger partial charge in [-0.15, -0.1) is 13.2 Å². The maximum absolute atomic E-state index is 12.4. The molecule has 1 aromatic carbocycles. The van der Waals surface area contributed by atoms with Gasteiger partial charge in [0.2, 0.25) is 0 Å². The predicted octanol–water partition coefficient (Wildman–Crippen LogP) is 4.74. The fourth-order valence-electron chi connectivity index (χ4n) is 4.74. The van der Waals surface area contributed by atoms with E-state index in [-0.39, 0.29) is 23.2 Å². The molecule has 2 fully saturated rings. The topological polar surface area (TPSA) is 94.2 Å². The molecule has 2 aromatic rings. The van der Waals surface area contributed by atoms with Crippen LogP contribution in [0.25, 0.3) is 0 Å². The summed E-state index contributed by atoms with van der Waals surface area (Å²) in [5.74, 6) is 0.493. The van der Waals surface area contributed by atoms with Crippen LogP contribution in [0.2, 0.25) is 0 Å². The van der Waals surface area contributed by atoms with Crippen LogP contribution in [0.15, 0.2) is 30.5 Å². The van der Waals surface area contributed by atoms with Gasteiger partial charge in [0.05, 0.1) is 6.04 Å². The normalized spacial score (nSPS) is 24.3. The van der Waals surface area contributed by atoms with Gasteiger partial charge in [0.25, 0.3) is 5.91 Å². The average Bonchev–Trinajstić information content (AvgIpc) is 3.49. The Bertz CT molecular complexity index is 971. The van der Waals surface area contributed by atoms with Crippen molar-refractivity contribution in [2.45, 2.75) is 70.4 Å². The number of nitrogens with two attached hydrogens (primary N) is 1. The van der Waals surface area contributed by atoms with Crippen molar-refractivity contribution in [1.82, 2.24) is 15.1 Å². The van der Waals surface area contributed by atoms with E-state index in [1.54, 1.807) is 10.9 Å². The van der Waals surface area contributed by atoms with Crippen LogP contribution >= 0.6 is 0 Å². The van der Waals surface area contributed by atoms with E-state index in [0.29, 0.717) is 23.7 Å². The van der Waals surface area contributed by atoms with Gasteiger partial charge in [-0.2, -0.15) is 5.10 Å². The van der Waals surface area contributed by atoms with Crippen LogP contribution in [0, 0.1) is 11.8 Å². The molecule has 0 radical (unpaired) electrons. The highest BCUT2D eigenvalue weighted by molar-refractivity contribution is 5.98. The molecule has 4 atom stereocenters. The summed E-state index contributed by atoms with van der Waals surface area (Å²) in [5.41, 5.74) is 6.26. The van der Waals surface area contributed by atoms with Crippen LogP contribution < -0.4 is 21.1 Å². The second-order valence-electron chi connectivity index (χ2n) is 9.28. The minimum Gasteiger partial charge on any atom is -0.406 e. The zero-order valence-electron chi connectivity index (χ0n) is 18.7. The maximum atomic E-state index is 12.4. The van der Waals surface area contributed by atoms with E-state index in [0.717, 1.165) is 25.2 Å². The van der Waals surface area contributed by atoms with Gasteiger partial charge in [0.1, 0.15) is 11.3 Å². The Morgan fingerprint density at radius 2 is 1.91 bits per heavy atom. The molecule has 4 N–H and O–H groups in total. The Hall–Kier alpha value is -2.75. The largest absolute Gasteiger partial charge is 0.573 e. The molecule has 2 aliphatic carbocycles. The standard InChI is InChI=1S/C23H30F3N5O2/c1-13-11-17(28-14(2)15-3-4-15)7-10-20(13)31-12-19(21(27)32)22(30-31)29-16-5-8-18(9-6-16)33-23(24,25)26/h5-6,8-9,12-15,17,20,28H,3-4,7,10-11H2,1-2H3,(H2,27,32)(H,29,30)/t13-,14-,17-,20-/m0/s1. The Kier molecular flexibility index (Phi) is 6.56. The van der Waals surface area contributed by atoms with E-state index in [2.05, 4.69) is 34.3 Å². The van der Waals surface area contributed by atoms with Gasteiger partial charge in [0.15, 0.2) is 5.82 Å². The van der Waals surface area contributed by atoms with E-state index < -0.39 is 12.3 Å². The van der Waals surface area contributed by atoms with Crippen LogP contribution in [0.5, 0.6) is 5.75 Å². The fourth-order valence-corrected chi connectivity index (χ4v) is 4.74. The molecule has 4 rings (SSSR count). The fraction of sp³-hybridized carbons (Fsp3) is 0.565. The zero-order chi connectivity index (χ0) is 23.8. The Labute approximate surface area is 190 Å². The lowest BCUT2D eigenvalue weighted by molar-refractivity contribution is -0.274. The molecule has 1 aromatic heterocycles. The van der Waals surface area contributed by atoms with Crippen molar-refractivity contribution in [3.8, 4) is 5.75 Å². The number of alkyl halides is 3. The van der Waals surface area contributed by atoms with Crippen molar-refractivity contribution >= 4 is 17.4 Å². The average molecular weight is 466 g/mol. The predicted molar refractivity (Wildman–Crippen MR) is 118 cm³/mol. The van der Waals surface area contributed by atoms with E-state index in [4.69, 9.17) is 5.73 Å². The van der Waals surface area contributed by atoms with Crippen LogP contribution in [0.3, 0.4) is 0 Å². The van der Waals surface area contributed by atoms with Crippen molar-refractivity contribution in [2.75, 3.05) is 5.32 Å². The van der Waals surface area contributed by atoms with Gasteiger partial charge in [-0.3, -0.25) is 9.48 Å².